The molecule has 0 radical (unpaired) electrons. The molecule has 0 aromatic carbocycles. The second-order valence-electron chi connectivity index (χ2n) is 10.3. The monoisotopic (exact) mass is 432 g/mol. The number of aliphatic hydroxyl groups excluding tert-OH is 2. The zero-order chi connectivity index (χ0) is 22.9. The minimum absolute atomic E-state index is 0.0288. The van der Waals surface area contributed by atoms with Crippen molar-refractivity contribution >= 4 is 17.5 Å². The third-order valence-corrected chi connectivity index (χ3v) is 8.83. The van der Waals surface area contributed by atoms with Crippen LogP contribution in [0.15, 0.2) is 23.5 Å². The molecule has 170 valence electrons. The summed E-state index contributed by atoms with van der Waals surface area (Å²) < 4.78 is 5.49. The molecule has 0 saturated heterocycles. The zero-order valence-corrected chi connectivity index (χ0v) is 18.6. The Morgan fingerprint density at radius 1 is 1.23 bits per heavy atom. The molecule has 0 aromatic rings. The van der Waals surface area contributed by atoms with Crippen molar-refractivity contribution in [2.24, 2.45) is 28.6 Å². The van der Waals surface area contributed by atoms with Crippen molar-refractivity contribution in [2.45, 2.75) is 77.6 Å². The topological polar surface area (TPSA) is 121 Å². The van der Waals surface area contributed by atoms with Crippen LogP contribution < -0.4 is 0 Å². The van der Waals surface area contributed by atoms with Gasteiger partial charge in [-0.15, -0.1) is 0 Å². The van der Waals surface area contributed by atoms with E-state index in [0.29, 0.717) is 19.3 Å². The summed E-state index contributed by atoms with van der Waals surface area (Å²) >= 11 is 0. The number of aliphatic hydroxyl groups is 3. The average molecular weight is 433 g/mol. The molecule has 8 atom stereocenters. The standard InChI is InChI=1S/C24H32O7/c1-12(25)21(29)24(30)8-7-17-16-6-5-14-9-15(27)10-19(31-13(2)26)23(14,4)20(16)18(28)11-22(17,24)3/h9-10,12,16-18,20,25,28,30H,5-8,11H2,1-4H3/t12?,16-,17-,18-,20+,22-,23+,24-/m0/s1. The number of carbonyl (C=O) groups excluding carboxylic acids is 3. The van der Waals surface area contributed by atoms with Gasteiger partial charge >= 0.3 is 5.97 Å². The van der Waals surface area contributed by atoms with Crippen molar-refractivity contribution in [1.82, 2.24) is 0 Å². The van der Waals surface area contributed by atoms with E-state index in [4.69, 9.17) is 4.74 Å². The van der Waals surface area contributed by atoms with E-state index in [9.17, 15) is 29.7 Å². The second kappa shape index (κ2) is 7.09. The number of ether oxygens (including phenoxy) is 1. The largest absolute Gasteiger partial charge is 0.430 e. The van der Waals surface area contributed by atoms with Crippen molar-refractivity contribution in [3.63, 3.8) is 0 Å². The lowest BCUT2D eigenvalue weighted by Crippen LogP contribution is -2.63. The van der Waals surface area contributed by atoms with E-state index in [1.807, 2.05) is 13.8 Å². The lowest BCUT2D eigenvalue weighted by atomic mass is 9.45. The van der Waals surface area contributed by atoms with Crippen LogP contribution in [0.4, 0.5) is 0 Å². The van der Waals surface area contributed by atoms with Crippen LogP contribution in [0.2, 0.25) is 0 Å². The van der Waals surface area contributed by atoms with Crippen LogP contribution in [-0.2, 0) is 19.1 Å². The van der Waals surface area contributed by atoms with Crippen LogP contribution in [0.1, 0.15) is 59.8 Å². The van der Waals surface area contributed by atoms with Gasteiger partial charge in [-0.2, -0.15) is 0 Å². The summed E-state index contributed by atoms with van der Waals surface area (Å²) in [6, 6.07) is 0. The van der Waals surface area contributed by atoms with Crippen LogP contribution in [-0.4, -0.2) is 50.7 Å². The summed E-state index contributed by atoms with van der Waals surface area (Å²) in [4.78, 5) is 36.8. The molecule has 3 N–H and O–H groups in total. The molecule has 3 fully saturated rings. The third kappa shape index (κ3) is 2.93. The maximum Gasteiger partial charge on any atom is 0.307 e. The van der Waals surface area contributed by atoms with E-state index >= 15 is 0 Å². The zero-order valence-electron chi connectivity index (χ0n) is 18.6. The summed E-state index contributed by atoms with van der Waals surface area (Å²) in [5.74, 6) is -1.44. The first kappa shape index (κ1) is 22.4. The van der Waals surface area contributed by atoms with Crippen molar-refractivity contribution < 1.29 is 34.4 Å². The van der Waals surface area contributed by atoms with Crippen LogP contribution in [0.3, 0.4) is 0 Å². The van der Waals surface area contributed by atoms with Crippen LogP contribution in [0.5, 0.6) is 0 Å². The number of ketones is 2. The molecule has 4 aliphatic rings. The van der Waals surface area contributed by atoms with Crippen LogP contribution in [0, 0.1) is 28.6 Å². The number of hydrogen-bond donors (Lipinski definition) is 3. The van der Waals surface area contributed by atoms with Crippen LogP contribution >= 0.6 is 0 Å². The Bertz CT molecular complexity index is 902. The van der Waals surface area contributed by atoms with Gasteiger partial charge in [-0.3, -0.25) is 14.4 Å². The van der Waals surface area contributed by atoms with Gasteiger partial charge in [0.05, 0.1) is 11.5 Å². The molecule has 4 aliphatic carbocycles. The highest BCUT2D eigenvalue weighted by molar-refractivity contribution is 6.02. The molecule has 7 heteroatoms. The van der Waals surface area contributed by atoms with E-state index < -0.39 is 40.4 Å². The van der Waals surface area contributed by atoms with E-state index in [2.05, 4.69) is 0 Å². The minimum Gasteiger partial charge on any atom is -0.430 e. The predicted octanol–water partition coefficient (Wildman–Crippen LogP) is 1.84. The number of hydrogen-bond acceptors (Lipinski definition) is 7. The number of carbonyl (C=O) groups is 3. The molecule has 1 unspecified atom stereocenters. The van der Waals surface area contributed by atoms with E-state index in [1.54, 1.807) is 6.08 Å². The molecule has 0 aromatic heterocycles. The number of allylic oxidation sites excluding steroid dienone is 3. The number of Topliss-reactive ketones (excluding diaryl/α,β-unsaturated/α-hetero) is 1. The lowest BCUT2D eigenvalue weighted by Gasteiger charge is -2.60. The van der Waals surface area contributed by atoms with Gasteiger partial charge < -0.3 is 20.1 Å². The van der Waals surface area contributed by atoms with Gasteiger partial charge in [-0.25, -0.2) is 0 Å². The summed E-state index contributed by atoms with van der Waals surface area (Å²) in [6.45, 7) is 6.43. The minimum atomic E-state index is -1.69. The van der Waals surface area contributed by atoms with Gasteiger partial charge in [-0.1, -0.05) is 12.5 Å². The normalized spacial score (nSPS) is 44.9. The Kier molecular flexibility index (Phi) is 5.11. The molecular weight excluding hydrogens is 400 g/mol. The fourth-order valence-corrected chi connectivity index (χ4v) is 7.45. The van der Waals surface area contributed by atoms with Crippen LogP contribution in [0.25, 0.3) is 0 Å². The van der Waals surface area contributed by atoms with Crippen molar-refractivity contribution in [2.75, 3.05) is 0 Å². The second-order valence-corrected chi connectivity index (χ2v) is 10.3. The summed E-state index contributed by atoms with van der Waals surface area (Å²) in [7, 11) is 0. The maximum atomic E-state index is 12.8. The Labute approximate surface area is 182 Å². The summed E-state index contributed by atoms with van der Waals surface area (Å²) in [5.41, 5.74) is -2.51. The number of rotatable bonds is 3. The van der Waals surface area contributed by atoms with Gasteiger partial charge in [0.15, 0.2) is 11.6 Å². The number of esters is 1. The molecule has 31 heavy (non-hydrogen) atoms. The van der Waals surface area contributed by atoms with Gasteiger partial charge in [0.1, 0.15) is 17.5 Å². The SMILES string of the molecule is CC(=O)OC1=CC(=O)C=C2CC[C@@H]3[C@H]([C@@H](O)C[C@@]4(C)[C@H]3CC[C@]4(O)C(=O)C(C)O)[C@]21C. The molecule has 0 spiro atoms. The fourth-order valence-electron chi connectivity index (χ4n) is 7.45. The molecule has 4 rings (SSSR count). The predicted molar refractivity (Wildman–Crippen MR) is 110 cm³/mol. The van der Waals surface area contributed by atoms with Gasteiger partial charge in [0.2, 0.25) is 0 Å². The molecule has 7 nitrogen and oxygen atoms in total. The molecule has 3 saturated carbocycles. The molecular formula is C24H32O7. The Morgan fingerprint density at radius 3 is 2.52 bits per heavy atom. The van der Waals surface area contributed by atoms with Crippen molar-refractivity contribution in [3.8, 4) is 0 Å². The lowest BCUT2D eigenvalue weighted by molar-refractivity contribution is -0.185. The maximum absolute atomic E-state index is 12.8. The summed E-state index contributed by atoms with van der Waals surface area (Å²) in [5, 5.41) is 32.8. The van der Waals surface area contributed by atoms with E-state index in [-0.39, 0.29) is 42.1 Å². The van der Waals surface area contributed by atoms with Gasteiger partial charge in [0.25, 0.3) is 0 Å². The Hall–Kier alpha value is -1.83. The molecule has 0 heterocycles. The van der Waals surface area contributed by atoms with E-state index in [0.717, 1.165) is 5.57 Å². The smallest absolute Gasteiger partial charge is 0.307 e. The van der Waals surface area contributed by atoms with Gasteiger partial charge in [-0.05, 0) is 63.9 Å². The highest BCUT2D eigenvalue weighted by Crippen LogP contribution is 2.68. The highest BCUT2D eigenvalue weighted by atomic mass is 16.5. The third-order valence-electron chi connectivity index (χ3n) is 8.83. The molecule has 0 amide bonds. The molecule has 0 aliphatic heterocycles. The quantitative estimate of drug-likeness (QED) is 0.582. The fraction of sp³-hybridized carbons (Fsp3) is 0.708. The van der Waals surface area contributed by atoms with Gasteiger partial charge in [0, 0.05) is 24.3 Å². The number of fused-ring (bicyclic) bond motifs is 5. The Balaban J connectivity index is 1.77. The first-order chi connectivity index (χ1) is 14.4. The first-order valence-electron chi connectivity index (χ1n) is 11.1. The summed E-state index contributed by atoms with van der Waals surface area (Å²) in [6.07, 6.45) is 3.15. The van der Waals surface area contributed by atoms with Crippen molar-refractivity contribution in [1.29, 1.82) is 0 Å². The first-order valence-corrected chi connectivity index (χ1v) is 11.1. The van der Waals surface area contributed by atoms with E-state index in [1.165, 1.54) is 19.9 Å². The average Bonchev–Trinajstić information content (AvgIpc) is 2.93. The molecule has 0 bridgehead atoms. The van der Waals surface area contributed by atoms with Crippen molar-refractivity contribution in [3.05, 3.63) is 23.5 Å². The highest BCUT2D eigenvalue weighted by Gasteiger charge is 2.69. The Morgan fingerprint density at radius 2 is 1.90 bits per heavy atom.